The summed E-state index contributed by atoms with van der Waals surface area (Å²) in [5, 5.41) is 4.38. The number of hydrogen-bond acceptors (Lipinski definition) is 2. The third-order valence-corrected chi connectivity index (χ3v) is 2.80. The first-order chi connectivity index (χ1) is 6.16. The van der Waals surface area contributed by atoms with Gasteiger partial charge in [0.1, 0.15) is 0 Å². The summed E-state index contributed by atoms with van der Waals surface area (Å²) in [4.78, 5) is 0. The van der Waals surface area contributed by atoms with E-state index in [0.717, 1.165) is 18.0 Å². The van der Waals surface area contributed by atoms with Crippen LogP contribution in [0.5, 0.6) is 0 Å². The highest BCUT2D eigenvalue weighted by molar-refractivity contribution is 5.12. The van der Waals surface area contributed by atoms with Crippen molar-refractivity contribution < 1.29 is 0 Å². The van der Waals surface area contributed by atoms with Crippen LogP contribution in [0.3, 0.4) is 0 Å². The summed E-state index contributed by atoms with van der Waals surface area (Å²) in [5.74, 6) is 0.873. The Labute approximate surface area is 78.9 Å². The van der Waals surface area contributed by atoms with E-state index in [-0.39, 0.29) is 6.04 Å². The molecule has 0 aliphatic heterocycles. The van der Waals surface area contributed by atoms with Gasteiger partial charge in [0.05, 0.1) is 5.69 Å². The average Bonchev–Trinajstić information content (AvgIpc) is 2.81. The first kappa shape index (κ1) is 8.75. The zero-order valence-electron chi connectivity index (χ0n) is 8.33. The van der Waals surface area contributed by atoms with Crippen LogP contribution in [-0.2, 0) is 7.05 Å². The van der Waals surface area contributed by atoms with Crippen molar-refractivity contribution in [2.45, 2.75) is 32.2 Å². The molecule has 1 heterocycles. The standard InChI is InChI=1S/C10H17N3/c1-7-5-10(12-13(7)2)9(11)6-8-3-4-8/h5,8-9H,3-4,6,11H2,1-2H3. The van der Waals surface area contributed by atoms with Gasteiger partial charge in [0, 0.05) is 18.8 Å². The lowest BCUT2D eigenvalue weighted by Gasteiger charge is -2.06. The van der Waals surface area contributed by atoms with Gasteiger partial charge in [-0.1, -0.05) is 12.8 Å². The second-order valence-corrected chi connectivity index (χ2v) is 4.12. The minimum Gasteiger partial charge on any atom is -0.323 e. The van der Waals surface area contributed by atoms with Crippen LogP contribution in [0.2, 0.25) is 0 Å². The molecule has 1 aliphatic carbocycles. The molecule has 3 heteroatoms. The molecule has 1 aromatic heterocycles. The van der Waals surface area contributed by atoms with E-state index in [2.05, 4.69) is 18.1 Å². The van der Waals surface area contributed by atoms with Gasteiger partial charge in [-0.25, -0.2) is 0 Å². The van der Waals surface area contributed by atoms with Gasteiger partial charge in [-0.2, -0.15) is 5.10 Å². The smallest absolute Gasteiger partial charge is 0.0794 e. The minimum atomic E-state index is 0.146. The zero-order valence-corrected chi connectivity index (χ0v) is 8.33. The molecule has 1 unspecified atom stereocenters. The third kappa shape index (κ3) is 1.91. The van der Waals surface area contributed by atoms with E-state index in [9.17, 15) is 0 Å². The van der Waals surface area contributed by atoms with Crippen LogP contribution in [0.15, 0.2) is 6.07 Å². The summed E-state index contributed by atoms with van der Waals surface area (Å²) in [6.45, 7) is 2.06. The summed E-state index contributed by atoms with van der Waals surface area (Å²) in [6, 6.07) is 2.24. The Bertz CT molecular complexity index is 280. The number of nitrogens with two attached hydrogens (primary N) is 1. The molecule has 3 nitrogen and oxygen atoms in total. The molecule has 0 amide bonds. The lowest BCUT2D eigenvalue weighted by Crippen LogP contribution is -2.12. The maximum Gasteiger partial charge on any atom is 0.0794 e. The second-order valence-electron chi connectivity index (χ2n) is 4.12. The van der Waals surface area contributed by atoms with Gasteiger partial charge < -0.3 is 5.73 Å². The predicted molar refractivity (Wildman–Crippen MR) is 52.2 cm³/mol. The molecular weight excluding hydrogens is 162 g/mol. The lowest BCUT2D eigenvalue weighted by molar-refractivity contribution is 0.571. The Kier molecular flexibility index (Phi) is 2.12. The second kappa shape index (κ2) is 3.14. The fourth-order valence-electron chi connectivity index (χ4n) is 1.60. The first-order valence-electron chi connectivity index (χ1n) is 4.93. The fourth-order valence-corrected chi connectivity index (χ4v) is 1.60. The quantitative estimate of drug-likeness (QED) is 0.764. The summed E-state index contributed by atoms with van der Waals surface area (Å²) < 4.78 is 1.89. The van der Waals surface area contributed by atoms with Crippen molar-refractivity contribution in [3.8, 4) is 0 Å². The van der Waals surface area contributed by atoms with Crippen molar-refractivity contribution in [1.82, 2.24) is 9.78 Å². The lowest BCUT2D eigenvalue weighted by atomic mass is 10.1. The number of hydrogen-bond donors (Lipinski definition) is 1. The molecule has 2 rings (SSSR count). The summed E-state index contributed by atoms with van der Waals surface area (Å²) in [6.07, 6.45) is 3.83. The van der Waals surface area contributed by atoms with E-state index in [1.54, 1.807) is 0 Å². The van der Waals surface area contributed by atoms with Crippen molar-refractivity contribution in [2.24, 2.45) is 18.7 Å². The van der Waals surface area contributed by atoms with Gasteiger partial charge in [0.2, 0.25) is 0 Å². The summed E-state index contributed by atoms with van der Waals surface area (Å²) in [5.41, 5.74) is 8.27. The largest absolute Gasteiger partial charge is 0.323 e. The maximum atomic E-state index is 6.04. The molecule has 0 aromatic carbocycles. The fraction of sp³-hybridized carbons (Fsp3) is 0.700. The topological polar surface area (TPSA) is 43.8 Å². The molecule has 2 N–H and O–H groups in total. The predicted octanol–water partition coefficient (Wildman–Crippen LogP) is 1.53. The van der Waals surface area contributed by atoms with E-state index in [0.29, 0.717) is 0 Å². The molecule has 0 saturated heterocycles. The minimum absolute atomic E-state index is 0.146. The van der Waals surface area contributed by atoms with Crippen molar-refractivity contribution in [1.29, 1.82) is 0 Å². The molecule has 1 aromatic rings. The molecule has 1 atom stereocenters. The van der Waals surface area contributed by atoms with E-state index in [1.807, 2.05) is 11.7 Å². The van der Waals surface area contributed by atoms with Crippen LogP contribution in [0.4, 0.5) is 0 Å². The van der Waals surface area contributed by atoms with Crippen molar-refractivity contribution in [3.05, 3.63) is 17.5 Å². The average molecular weight is 179 g/mol. The normalized spacial score (nSPS) is 19.0. The van der Waals surface area contributed by atoms with E-state index >= 15 is 0 Å². The highest BCUT2D eigenvalue weighted by Crippen LogP contribution is 2.36. The molecular formula is C10H17N3. The van der Waals surface area contributed by atoms with Gasteiger partial charge >= 0.3 is 0 Å². The van der Waals surface area contributed by atoms with Crippen LogP contribution in [0.25, 0.3) is 0 Å². The van der Waals surface area contributed by atoms with Crippen LogP contribution >= 0.6 is 0 Å². The molecule has 72 valence electrons. The number of aromatic nitrogens is 2. The zero-order chi connectivity index (χ0) is 9.42. The Hall–Kier alpha value is -0.830. The van der Waals surface area contributed by atoms with Crippen LogP contribution in [0, 0.1) is 12.8 Å². The van der Waals surface area contributed by atoms with Gasteiger partial charge in [-0.3, -0.25) is 4.68 Å². The maximum absolute atomic E-state index is 6.04. The van der Waals surface area contributed by atoms with Gasteiger partial charge in [0.25, 0.3) is 0 Å². The van der Waals surface area contributed by atoms with Gasteiger partial charge in [-0.15, -0.1) is 0 Å². The molecule has 1 saturated carbocycles. The van der Waals surface area contributed by atoms with Crippen LogP contribution in [0.1, 0.15) is 36.7 Å². The molecule has 0 radical (unpaired) electrons. The van der Waals surface area contributed by atoms with Crippen LogP contribution < -0.4 is 5.73 Å². The highest BCUT2D eigenvalue weighted by atomic mass is 15.3. The molecule has 0 spiro atoms. The van der Waals surface area contributed by atoms with E-state index in [4.69, 9.17) is 5.73 Å². The molecule has 13 heavy (non-hydrogen) atoms. The third-order valence-electron chi connectivity index (χ3n) is 2.80. The Balaban J connectivity index is 2.05. The molecule has 1 fully saturated rings. The molecule has 0 bridgehead atoms. The van der Waals surface area contributed by atoms with E-state index < -0.39 is 0 Å². The number of rotatable bonds is 3. The van der Waals surface area contributed by atoms with Crippen molar-refractivity contribution in [3.63, 3.8) is 0 Å². The van der Waals surface area contributed by atoms with E-state index in [1.165, 1.54) is 18.5 Å². The SMILES string of the molecule is Cc1cc(C(N)CC2CC2)nn1C. The summed E-state index contributed by atoms with van der Waals surface area (Å²) >= 11 is 0. The van der Waals surface area contributed by atoms with Gasteiger partial charge in [-0.05, 0) is 25.3 Å². The highest BCUT2D eigenvalue weighted by Gasteiger charge is 2.25. The Morgan fingerprint density at radius 3 is 2.85 bits per heavy atom. The van der Waals surface area contributed by atoms with Crippen molar-refractivity contribution in [2.75, 3.05) is 0 Å². The number of nitrogens with zero attached hydrogens (tertiary/aromatic N) is 2. The van der Waals surface area contributed by atoms with Crippen molar-refractivity contribution >= 4 is 0 Å². The monoisotopic (exact) mass is 179 g/mol. The molecule has 1 aliphatic rings. The van der Waals surface area contributed by atoms with Crippen LogP contribution in [-0.4, -0.2) is 9.78 Å². The Morgan fingerprint density at radius 2 is 2.38 bits per heavy atom. The van der Waals surface area contributed by atoms with Gasteiger partial charge in [0.15, 0.2) is 0 Å². The number of aryl methyl sites for hydroxylation is 2. The Morgan fingerprint density at radius 1 is 1.69 bits per heavy atom. The summed E-state index contributed by atoms with van der Waals surface area (Å²) in [7, 11) is 1.96. The first-order valence-corrected chi connectivity index (χ1v) is 4.93.